The molecule has 0 bridgehead atoms. The van der Waals surface area contributed by atoms with Crippen molar-refractivity contribution in [1.82, 2.24) is 15.3 Å². The predicted molar refractivity (Wildman–Crippen MR) is 74.6 cm³/mol. The Kier molecular flexibility index (Phi) is 3.77. The molecule has 2 aliphatic heterocycles. The standard InChI is InChI=1S/C13H19N5O2/c19-18(20)11-8-15-13(16-9-11)17-6-3-10(4-7-17)12-2-1-5-14-12/h8-10,12,14H,1-7H2. The predicted octanol–water partition coefficient (Wildman–Crippen LogP) is 1.35. The molecule has 2 fully saturated rings. The summed E-state index contributed by atoms with van der Waals surface area (Å²) in [7, 11) is 0. The third-order valence-corrected chi connectivity index (χ3v) is 4.33. The lowest BCUT2D eigenvalue weighted by Crippen LogP contribution is -2.41. The maximum atomic E-state index is 10.6. The summed E-state index contributed by atoms with van der Waals surface area (Å²) in [5.74, 6) is 1.35. The summed E-state index contributed by atoms with van der Waals surface area (Å²) >= 11 is 0. The molecule has 0 aromatic carbocycles. The van der Waals surface area contributed by atoms with Crippen molar-refractivity contribution >= 4 is 11.6 Å². The Morgan fingerprint density at radius 1 is 1.25 bits per heavy atom. The van der Waals surface area contributed by atoms with Gasteiger partial charge < -0.3 is 10.2 Å². The highest BCUT2D eigenvalue weighted by Crippen LogP contribution is 2.27. The Balaban J connectivity index is 1.58. The van der Waals surface area contributed by atoms with E-state index in [1.165, 1.54) is 25.2 Å². The molecule has 1 unspecified atom stereocenters. The smallest absolute Gasteiger partial charge is 0.305 e. The second-order valence-electron chi connectivity index (χ2n) is 5.53. The molecule has 3 rings (SSSR count). The van der Waals surface area contributed by atoms with Crippen molar-refractivity contribution in [2.24, 2.45) is 5.92 Å². The topological polar surface area (TPSA) is 84.2 Å². The number of piperidine rings is 1. The number of hydrogen-bond donors (Lipinski definition) is 1. The van der Waals surface area contributed by atoms with Crippen LogP contribution in [0.1, 0.15) is 25.7 Å². The van der Waals surface area contributed by atoms with E-state index in [9.17, 15) is 10.1 Å². The highest BCUT2D eigenvalue weighted by Gasteiger charge is 2.29. The fourth-order valence-corrected chi connectivity index (χ4v) is 3.19. The quantitative estimate of drug-likeness (QED) is 0.663. The lowest BCUT2D eigenvalue weighted by Gasteiger charge is -2.34. The van der Waals surface area contributed by atoms with Crippen LogP contribution in [0.3, 0.4) is 0 Å². The average molecular weight is 277 g/mol. The van der Waals surface area contributed by atoms with E-state index >= 15 is 0 Å². The first-order chi connectivity index (χ1) is 9.74. The van der Waals surface area contributed by atoms with E-state index < -0.39 is 4.92 Å². The third kappa shape index (κ3) is 2.72. The molecular weight excluding hydrogens is 258 g/mol. The molecule has 7 nitrogen and oxygen atoms in total. The number of nitro groups is 1. The molecule has 0 spiro atoms. The van der Waals surface area contributed by atoms with Gasteiger partial charge in [-0.1, -0.05) is 0 Å². The van der Waals surface area contributed by atoms with E-state index in [1.54, 1.807) is 0 Å². The fraction of sp³-hybridized carbons (Fsp3) is 0.692. The number of rotatable bonds is 3. The lowest BCUT2D eigenvalue weighted by atomic mass is 9.89. The monoisotopic (exact) mass is 277 g/mol. The summed E-state index contributed by atoms with van der Waals surface area (Å²) in [5.41, 5.74) is -0.0567. The minimum Gasteiger partial charge on any atom is -0.341 e. The highest BCUT2D eigenvalue weighted by atomic mass is 16.6. The van der Waals surface area contributed by atoms with Gasteiger partial charge in [0.2, 0.25) is 5.95 Å². The van der Waals surface area contributed by atoms with E-state index in [2.05, 4.69) is 20.2 Å². The summed E-state index contributed by atoms with van der Waals surface area (Å²) in [6.45, 7) is 3.01. The van der Waals surface area contributed by atoms with Crippen LogP contribution in [0.15, 0.2) is 12.4 Å². The highest BCUT2D eigenvalue weighted by molar-refractivity contribution is 5.34. The molecule has 1 aromatic rings. The second-order valence-corrected chi connectivity index (χ2v) is 5.53. The lowest BCUT2D eigenvalue weighted by molar-refractivity contribution is -0.385. The molecule has 0 aliphatic carbocycles. The van der Waals surface area contributed by atoms with Crippen molar-refractivity contribution in [3.63, 3.8) is 0 Å². The Labute approximate surface area is 117 Å². The van der Waals surface area contributed by atoms with Crippen LogP contribution in [-0.2, 0) is 0 Å². The molecular formula is C13H19N5O2. The minimum absolute atomic E-state index is 0.0567. The van der Waals surface area contributed by atoms with E-state index in [0.717, 1.165) is 38.4 Å². The van der Waals surface area contributed by atoms with Crippen molar-refractivity contribution in [2.45, 2.75) is 31.7 Å². The number of anilines is 1. The number of aromatic nitrogens is 2. The van der Waals surface area contributed by atoms with Crippen LogP contribution >= 0.6 is 0 Å². The van der Waals surface area contributed by atoms with E-state index in [4.69, 9.17) is 0 Å². The first kappa shape index (κ1) is 13.2. The zero-order chi connectivity index (χ0) is 13.9. The van der Waals surface area contributed by atoms with Crippen molar-refractivity contribution in [3.8, 4) is 0 Å². The summed E-state index contributed by atoms with van der Waals surface area (Å²) in [6.07, 6.45) is 7.42. The Morgan fingerprint density at radius 2 is 1.95 bits per heavy atom. The first-order valence-corrected chi connectivity index (χ1v) is 7.19. The molecule has 1 atom stereocenters. The minimum atomic E-state index is -0.470. The van der Waals surface area contributed by atoms with Crippen LogP contribution in [0.25, 0.3) is 0 Å². The van der Waals surface area contributed by atoms with Crippen molar-refractivity contribution in [3.05, 3.63) is 22.5 Å². The third-order valence-electron chi connectivity index (χ3n) is 4.33. The van der Waals surface area contributed by atoms with Gasteiger partial charge in [-0.15, -0.1) is 0 Å². The molecule has 0 amide bonds. The van der Waals surface area contributed by atoms with Crippen LogP contribution in [0.5, 0.6) is 0 Å². The first-order valence-electron chi connectivity index (χ1n) is 7.19. The van der Waals surface area contributed by atoms with Gasteiger partial charge in [-0.3, -0.25) is 10.1 Å². The number of hydrogen-bond acceptors (Lipinski definition) is 6. The molecule has 2 saturated heterocycles. The Bertz CT molecular complexity index is 464. The maximum Gasteiger partial charge on any atom is 0.305 e. The zero-order valence-corrected chi connectivity index (χ0v) is 11.4. The van der Waals surface area contributed by atoms with Gasteiger partial charge in [0, 0.05) is 19.1 Å². The van der Waals surface area contributed by atoms with Crippen LogP contribution in [0.4, 0.5) is 11.6 Å². The van der Waals surface area contributed by atoms with E-state index in [-0.39, 0.29) is 5.69 Å². The van der Waals surface area contributed by atoms with Gasteiger partial charge >= 0.3 is 5.69 Å². The molecule has 20 heavy (non-hydrogen) atoms. The molecule has 1 aromatic heterocycles. The SMILES string of the molecule is O=[N+]([O-])c1cnc(N2CCC(C3CCCN3)CC2)nc1. The summed E-state index contributed by atoms with van der Waals surface area (Å²) in [5, 5.41) is 14.2. The largest absolute Gasteiger partial charge is 0.341 e. The van der Waals surface area contributed by atoms with Crippen molar-refractivity contribution in [2.75, 3.05) is 24.5 Å². The van der Waals surface area contributed by atoms with Gasteiger partial charge in [-0.25, -0.2) is 9.97 Å². The van der Waals surface area contributed by atoms with E-state index in [1.807, 2.05) is 0 Å². The van der Waals surface area contributed by atoms with Gasteiger partial charge in [0.05, 0.1) is 4.92 Å². The van der Waals surface area contributed by atoms with Crippen LogP contribution < -0.4 is 10.2 Å². The van der Waals surface area contributed by atoms with Crippen LogP contribution in [0, 0.1) is 16.0 Å². The van der Waals surface area contributed by atoms with Crippen molar-refractivity contribution < 1.29 is 4.92 Å². The number of nitrogens with one attached hydrogen (secondary N) is 1. The molecule has 0 radical (unpaired) electrons. The second kappa shape index (κ2) is 5.70. The Hall–Kier alpha value is -1.76. The Morgan fingerprint density at radius 3 is 2.50 bits per heavy atom. The molecule has 7 heteroatoms. The fourth-order valence-electron chi connectivity index (χ4n) is 3.19. The summed E-state index contributed by atoms with van der Waals surface area (Å²) < 4.78 is 0. The molecule has 108 valence electrons. The summed E-state index contributed by atoms with van der Waals surface area (Å²) in [4.78, 5) is 20.4. The van der Waals surface area contributed by atoms with Gasteiger partial charge in [-0.2, -0.15) is 0 Å². The molecule has 0 saturated carbocycles. The number of nitrogens with zero attached hydrogens (tertiary/aromatic N) is 4. The maximum absolute atomic E-state index is 10.6. The molecule has 2 aliphatic rings. The summed E-state index contributed by atoms with van der Waals surface area (Å²) in [6, 6.07) is 0.676. The van der Waals surface area contributed by atoms with Crippen LogP contribution in [-0.4, -0.2) is 40.6 Å². The normalized spacial score (nSPS) is 24.0. The average Bonchev–Trinajstić information content (AvgIpc) is 3.02. The zero-order valence-electron chi connectivity index (χ0n) is 11.4. The van der Waals surface area contributed by atoms with Gasteiger partial charge in [0.25, 0.3) is 0 Å². The van der Waals surface area contributed by atoms with Crippen molar-refractivity contribution in [1.29, 1.82) is 0 Å². The molecule has 3 heterocycles. The van der Waals surface area contributed by atoms with Gasteiger partial charge in [0.1, 0.15) is 12.4 Å². The van der Waals surface area contributed by atoms with Gasteiger partial charge in [-0.05, 0) is 38.1 Å². The van der Waals surface area contributed by atoms with E-state index in [0.29, 0.717) is 12.0 Å². The molecule has 1 N–H and O–H groups in total. The van der Waals surface area contributed by atoms with Gasteiger partial charge in [0.15, 0.2) is 0 Å². The van der Waals surface area contributed by atoms with Crippen LogP contribution in [0.2, 0.25) is 0 Å².